The average Bonchev–Trinajstić information content (AvgIpc) is 2.70. The topological polar surface area (TPSA) is 43.4 Å². The Labute approximate surface area is 161 Å². The zero-order chi connectivity index (χ0) is 20.9. The number of carbonyl (C=O) groups excluding carboxylic acids is 2. The molecule has 0 N–H and O–H groups in total. The third-order valence-corrected chi connectivity index (χ3v) is 4.39. The van der Waals surface area contributed by atoms with Gasteiger partial charge in [0.15, 0.2) is 11.6 Å². The SMILES string of the molecule is C/C(=C\O[C@@H](C)c1ccccc1)C(=O)C(C)C(=O)c1ccccc1C(F)(F)F. The summed E-state index contributed by atoms with van der Waals surface area (Å²) in [6.07, 6.45) is -3.74. The number of benzene rings is 2. The number of alkyl halides is 3. The van der Waals surface area contributed by atoms with E-state index in [-0.39, 0.29) is 11.7 Å². The van der Waals surface area contributed by atoms with E-state index in [1.165, 1.54) is 32.2 Å². The Hall–Kier alpha value is -2.89. The van der Waals surface area contributed by atoms with Gasteiger partial charge in [-0.2, -0.15) is 13.2 Å². The van der Waals surface area contributed by atoms with Gasteiger partial charge in [0.05, 0.1) is 17.7 Å². The molecule has 0 bridgehead atoms. The second kappa shape index (κ2) is 8.87. The lowest BCUT2D eigenvalue weighted by atomic mass is 9.90. The first-order valence-electron chi connectivity index (χ1n) is 8.74. The highest BCUT2D eigenvalue weighted by Crippen LogP contribution is 2.33. The highest BCUT2D eigenvalue weighted by Gasteiger charge is 2.36. The van der Waals surface area contributed by atoms with E-state index in [1.807, 2.05) is 30.3 Å². The van der Waals surface area contributed by atoms with Gasteiger partial charge >= 0.3 is 6.18 Å². The minimum absolute atomic E-state index is 0.160. The molecule has 0 spiro atoms. The third-order valence-electron chi connectivity index (χ3n) is 4.39. The van der Waals surface area contributed by atoms with Crippen molar-refractivity contribution in [2.45, 2.75) is 33.1 Å². The van der Waals surface area contributed by atoms with Gasteiger partial charge in [0.1, 0.15) is 6.10 Å². The molecule has 0 saturated carbocycles. The fraction of sp³-hybridized carbons (Fsp3) is 0.273. The lowest BCUT2D eigenvalue weighted by molar-refractivity contribution is -0.138. The zero-order valence-electron chi connectivity index (χ0n) is 15.8. The molecule has 28 heavy (non-hydrogen) atoms. The first kappa shape index (κ1) is 21.4. The second-order valence-electron chi connectivity index (χ2n) is 6.48. The molecule has 0 amide bonds. The number of hydrogen-bond donors (Lipinski definition) is 0. The minimum Gasteiger partial charge on any atom is -0.493 e. The van der Waals surface area contributed by atoms with Crippen LogP contribution in [0, 0.1) is 5.92 Å². The summed E-state index contributed by atoms with van der Waals surface area (Å²) >= 11 is 0. The van der Waals surface area contributed by atoms with E-state index in [0.717, 1.165) is 17.7 Å². The van der Waals surface area contributed by atoms with Crippen LogP contribution in [0.3, 0.4) is 0 Å². The molecule has 0 aromatic heterocycles. The lowest BCUT2D eigenvalue weighted by Gasteiger charge is -2.16. The predicted molar refractivity (Wildman–Crippen MR) is 99.6 cm³/mol. The Kier molecular flexibility index (Phi) is 6.78. The van der Waals surface area contributed by atoms with Crippen molar-refractivity contribution in [3.8, 4) is 0 Å². The molecular formula is C22H21F3O3. The van der Waals surface area contributed by atoms with Crippen LogP contribution in [-0.4, -0.2) is 11.6 Å². The van der Waals surface area contributed by atoms with Crippen molar-refractivity contribution in [2.75, 3.05) is 0 Å². The van der Waals surface area contributed by atoms with Crippen LogP contribution in [0.2, 0.25) is 0 Å². The van der Waals surface area contributed by atoms with E-state index in [2.05, 4.69) is 0 Å². The summed E-state index contributed by atoms with van der Waals surface area (Å²) in [6, 6.07) is 13.8. The van der Waals surface area contributed by atoms with Gasteiger partial charge in [-0.25, -0.2) is 0 Å². The number of rotatable bonds is 7. The van der Waals surface area contributed by atoms with Gasteiger partial charge in [-0.1, -0.05) is 48.5 Å². The molecule has 0 aliphatic rings. The van der Waals surface area contributed by atoms with E-state index in [1.54, 1.807) is 6.92 Å². The minimum atomic E-state index is -4.67. The molecule has 2 rings (SSSR count). The number of ether oxygens (including phenoxy) is 1. The maximum Gasteiger partial charge on any atom is 0.417 e. The van der Waals surface area contributed by atoms with Gasteiger partial charge in [0.2, 0.25) is 0 Å². The maximum absolute atomic E-state index is 13.1. The van der Waals surface area contributed by atoms with Crippen molar-refractivity contribution in [3.05, 3.63) is 83.1 Å². The lowest BCUT2D eigenvalue weighted by Crippen LogP contribution is -2.24. The Balaban J connectivity index is 2.14. The summed E-state index contributed by atoms with van der Waals surface area (Å²) in [5.74, 6) is -2.71. The summed E-state index contributed by atoms with van der Waals surface area (Å²) in [4.78, 5) is 25.0. The van der Waals surface area contributed by atoms with Crippen LogP contribution in [-0.2, 0) is 15.7 Å². The number of hydrogen-bond acceptors (Lipinski definition) is 3. The molecule has 0 aliphatic heterocycles. The fourth-order valence-electron chi connectivity index (χ4n) is 2.70. The van der Waals surface area contributed by atoms with Crippen LogP contribution in [0.5, 0.6) is 0 Å². The van der Waals surface area contributed by atoms with Crippen molar-refractivity contribution in [3.63, 3.8) is 0 Å². The summed E-state index contributed by atoms with van der Waals surface area (Å²) in [7, 11) is 0. The van der Waals surface area contributed by atoms with Gasteiger partial charge in [0.25, 0.3) is 0 Å². The molecule has 0 fully saturated rings. The first-order valence-corrected chi connectivity index (χ1v) is 8.74. The fourth-order valence-corrected chi connectivity index (χ4v) is 2.70. The summed E-state index contributed by atoms with van der Waals surface area (Å²) < 4.78 is 45.0. The van der Waals surface area contributed by atoms with Gasteiger partial charge in [0, 0.05) is 11.1 Å². The number of halogens is 3. The molecule has 6 heteroatoms. The summed E-state index contributed by atoms with van der Waals surface area (Å²) in [5.41, 5.74) is -0.493. The van der Waals surface area contributed by atoms with Crippen LogP contribution in [0.25, 0.3) is 0 Å². The molecule has 2 atom stereocenters. The smallest absolute Gasteiger partial charge is 0.417 e. The first-order chi connectivity index (χ1) is 13.1. The third kappa shape index (κ3) is 5.09. The van der Waals surface area contributed by atoms with Crippen LogP contribution >= 0.6 is 0 Å². The predicted octanol–water partition coefficient (Wildman–Crippen LogP) is 5.77. The quantitative estimate of drug-likeness (QED) is 0.261. The van der Waals surface area contributed by atoms with Crippen molar-refractivity contribution in [2.24, 2.45) is 5.92 Å². The van der Waals surface area contributed by atoms with Crippen LogP contribution in [0.15, 0.2) is 66.4 Å². The average molecular weight is 390 g/mol. The van der Waals surface area contributed by atoms with E-state index in [9.17, 15) is 22.8 Å². The van der Waals surface area contributed by atoms with Crippen molar-refractivity contribution in [1.29, 1.82) is 0 Å². The van der Waals surface area contributed by atoms with Crippen molar-refractivity contribution in [1.82, 2.24) is 0 Å². The number of Topliss-reactive ketones (excluding diaryl/α,β-unsaturated/α-hetero) is 2. The van der Waals surface area contributed by atoms with Crippen LogP contribution in [0.1, 0.15) is 48.4 Å². The standard InChI is InChI=1S/C22H21F3O3/c1-14(13-28-16(3)17-9-5-4-6-10-17)20(26)15(2)21(27)18-11-7-8-12-19(18)22(23,24)25/h4-13,15-16H,1-3H3/b14-13+/t15?,16-/m0/s1. The zero-order valence-corrected chi connectivity index (χ0v) is 15.8. The summed E-state index contributed by atoms with van der Waals surface area (Å²) in [6.45, 7) is 4.58. The number of allylic oxidation sites excluding steroid dienone is 1. The van der Waals surface area contributed by atoms with Gasteiger partial charge in [-0.05, 0) is 32.4 Å². The largest absolute Gasteiger partial charge is 0.493 e. The summed E-state index contributed by atoms with van der Waals surface area (Å²) in [5, 5.41) is 0. The molecule has 3 nitrogen and oxygen atoms in total. The van der Waals surface area contributed by atoms with E-state index in [0.29, 0.717) is 0 Å². The molecular weight excluding hydrogens is 369 g/mol. The molecule has 1 unspecified atom stereocenters. The van der Waals surface area contributed by atoms with Gasteiger partial charge in [-0.3, -0.25) is 9.59 Å². The Bertz CT molecular complexity index is 870. The number of ketones is 2. The Morgan fingerprint density at radius 2 is 1.54 bits per heavy atom. The molecule has 2 aromatic rings. The van der Waals surface area contributed by atoms with E-state index in [4.69, 9.17) is 4.74 Å². The molecule has 0 radical (unpaired) electrons. The van der Waals surface area contributed by atoms with Crippen LogP contribution < -0.4 is 0 Å². The number of carbonyl (C=O) groups is 2. The van der Waals surface area contributed by atoms with E-state index >= 15 is 0 Å². The van der Waals surface area contributed by atoms with Gasteiger partial charge < -0.3 is 4.74 Å². The maximum atomic E-state index is 13.1. The van der Waals surface area contributed by atoms with Gasteiger partial charge in [-0.15, -0.1) is 0 Å². The monoisotopic (exact) mass is 390 g/mol. The van der Waals surface area contributed by atoms with Crippen molar-refractivity contribution >= 4 is 11.6 Å². The highest BCUT2D eigenvalue weighted by molar-refractivity contribution is 6.15. The molecule has 2 aromatic carbocycles. The van der Waals surface area contributed by atoms with Crippen LogP contribution in [0.4, 0.5) is 13.2 Å². The Morgan fingerprint density at radius 3 is 2.14 bits per heavy atom. The highest BCUT2D eigenvalue weighted by atomic mass is 19.4. The van der Waals surface area contributed by atoms with E-state index < -0.39 is 34.8 Å². The second-order valence-corrected chi connectivity index (χ2v) is 6.48. The molecule has 148 valence electrons. The Morgan fingerprint density at radius 1 is 0.964 bits per heavy atom. The molecule has 0 saturated heterocycles. The molecule has 0 aliphatic carbocycles. The normalized spacial score (nSPS) is 14.3. The van der Waals surface area contributed by atoms with Crippen molar-refractivity contribution < 1.29 is 27.5 Å². The molecule has 0 heterocycles.